The van der Waals surface area contributed by atoms with Crippen LogP contribution in [0.2, 0.25) is 0 Å². The van der Waals surface area contributed by atoms with Crippen molar-refractivity contribution in [3.05, 3.63) is 36.4 Å². The molecule has 0 aromatic heterocycles. The van der Waals surface area contributed by atoms with Crippen LogP contribution < -0.4 is 14.8 Å². The van der Waals surface area contributed by atoms with E-state index in [1.54, 1.807) is 14.2 Å². The normalized spacial score (nSPS) is 10.6. The van der Waals surface area contributed by atoms with Gasteiger partial charge >= 0.3 is 0 Å². The molecule has 0 atom stereocenters. The van der Waals surface area contributed by atoms with Gasteiger partial charge in [-0.25, -0.2) is 0 Å². The van der Waals surface area contributed by atoms with Crippen LogP contribution in [0.1, 0.15) is 12.5 Å². The zero-order chi connectivity index (χ0) is 17.8. The molecular formula is C18H30IN3O2S. The van der Waals surface area contributed by atoms with Gasteiger partial charge in [-0.3, -0.25) is 4.99 Å². The second-order valence-electron chi connectivity index (χ2n) is 5.13. The van der Waals surface area contributed by atoms with Gasteiger partial charge in [-0.1, -0.05) is 6.08 Å². The molecule has 25 heavy (non-hydrogen) atoms. The number of methoxy groups -OCH3 is 2. The minimum atomic E-state index is 0. The van der Waals surface area contributed by atoms with E-state index in [4.69, 9.17) is 9.47 Å². The fraction of sp³-hybridized carbons (Fsp3) is 0.500. The molecule has 0 saturated carbocycles. The average Bonchev–Trinajstić information content (AvgIpc) is 2.60. The molecule has 1 N–H and O–H groups in total. The molecule has 5 nitrogen and oxygen atoms in total. The highest BCUT2D eigenvalue weighted by molar-refractivity contribution is 14.0. The molecule has 0 aliphatic carbocycles. The van der Waals surface area contributed by atoms with Crippen LogP contribution in [0.5, 0.6) is 11.5 Å². The lowest BCUT2D eigenvalue weighted by molar-refractivity contribution is 0.382. The quantitative estimate of drug-likeness (QED) is 0.183. The first-order valence-corrected chi connectivity index (χ1v) is 9.20. The van der Waals surface area contributed by atoms with E-state index in [1.807, 2.05) is 43.1 Å². The van der Waals surface area contributed by atoms with Crippen LogP contribution in [0.15, 0.2) is 35.8 Å². The Morgan fingerprint density at radius 1 is 1.36 bits per heavy atom. The van der Waals surface area contributed by atoms with Crippen LogP contribution in [-0.2, 0) is 6.54 Å². The second-order valence-corrected chi connectivity index (χ2v) is 6.28. The molecular weight excluding hydrogens is 449 g/mol. The first kappa shape index (κ1) is 23.9. The Labute approximate surface area is 173 Å². The van der Waals surface area contributed by atoms with Crippen molar-refractivity contribution in [2.24, 2.45) is 4.99 Å². The highest BCUT2D eigenvalue weighted by Gasteiger charge is 2.11. The van der Waals surface area contributed by atoms with Crippen molar-refractivity contribution in [3.63, 3.8) is 0 Å². The molecule has 0 amide bonds. The van der Waals surface area contributed by atoms with Gasteiger partial charge in [0.2, 0.25) is 0 Å². The Hall–Kier alpha value is -1.09. The molecule has 0 spiro atoms. The van der Waals surface area contributed by atoms with E-state index in [0.717, 1.165) is 47.6 Å². The van der Waals surface area contributed by atoms with Crippen LogP contribution in [0.4, 0.5) is 0 Å². The van der Waals surface area contributed by atoms with Crippen LogP contribution in [-0.4, -0.2) is 56.7 Å². The molecule has 1 aromatic rings. The molecule has 0 bridgehead atoms. The molecule has 0 unspecified atom stereocenters. The number of halogens is 1. The van der Waals surface area contributed by atoms with Crippen LogP contribution in [0.25, 0.3) is 0 Å². The third-order valence-electron chi connectivity index (χ3n) is 3.33. The van der Waals surface area contributed by atoms with E-state index in [2.05, 4.69) is 28.7 Å². The van der Waals surface area contributed by atoms with Crippen LogP contribution >= 0.6 is 35.7 Å². The van der Waals surface area contributed by atoms with Gasteiger partial charge in [-0.15, -0.1) is 30.6 Å². The number of guanidine groups is 1. The Balaban J connectivity index is 0.00000576. The first-order chi connectivity index (χ1) is 11.7. The van der Waals surface area contributed by atoms with Crippen LogP contribution in [0, 0.1) is 0 Å². The summed E-state index contributed by atoms with van der Waals surface area (Å²) in [6.07, 6.45) is 1.92. The summed E-state index contributed by atoms with van der Waals surface area (Å²) in [7, 11) is 5.36. The van der Waals surface area contributed by atoms with Gasteiger partial charge in [0.1, 0.15) is 11.5 Å². The van der Waals surface area contributed by atoms with Crippen molar-refractivity contribution >= 4 is 41.7 Å². The molecule has 0 fully saturated rings. The number of nitrogens with zero attached hydrogens (tertiary/aromatic N) is 2. The minimum absolute atomic E-state index is 0. The zero-order valence-corrected chi connectivity index (χ0v) is 18.7. The number of benzene rings is 1. The van der Waals surface area contributed by atoms with Crippen molar-refractivity contribution in [1.29, 1.82) is 0 Å². The number of nitrogens with one attached hydrogen (secondary N) is 1. The standard InChI is InChI=1S/C18H29N3O2S.HI/c1-6-11-24-12-10-20-18(19-7-2)21(3)14-15-8-9-16(22-4)13-17(15)23-5;/h6,8-9,13H,1,7,10-12,14H2,2-5H3,(H,19,20);1H. The third-order valence-corrected chi connectivity index (χ3v) is 4.27. The van der Waals surface area contributed by atoms with Gasteiger partial charge < -0.3 is 19.7 Å². The number of rotatable bonds is 10. The number of aliphatic imine (C=N–C) groups is 1. The SMILES string of the molecule is C=CCSCCN=C(NCC)N(C)Cc1ccc(OC)cc1OC.I. The van der Waals surface area contributed by atoms with Gasteiger partial charge in [0, 0.05) is 43.3 Å². The number of hydrogen-bond acceptors (Lipinski definition) is 4. The number of ether oxygens (including phenoxy) is 2. The first-order valence-electron chi connectivity index (χ1n) is 8.05. The molecule has 1 rings (SSSR count). The Bertz CT molecular complexity index is 541. The molecule has 1 aromatic carbocycles. The minimum Gasteiger partial charge on any atom is -0.497 e. The largest absolute Gasteiger partial charge is 0.497 e. The average molecular weight is 479 g/mol. The van der Waals surface area contributed by atoms with E-state index in [1.165, 1.54) is 0 Å². The predicted octanol–water partition coefficient (Wildman–Crippen LogP) is 3.64. The van der Waals surface area contributed by atoms with Crippen LogP contribution in [0.3, 0.4) is 0 Å². The summed E-state index contributed by atoms with van der Waals surface area (Å²) in [4.78, 5) is 6.78. The summed E-state index contributed by atoms with van der Waals surface area (Å²) >= 11 is 1.83. The lowest BCUT2D eigenvalue weighted by atomic mass is 10.2. The van der Waals surface area contributed by atoms with E-state index in [9.17, 15) is 0 Å². The monoisotopic (exact) mass is 479 g/mol. The molecule has 0 radical (unpaired) electrons. The molecule has 0 aliphatic rings. The fourth-order valence-corrected chi connectivity index (χ4v) is 2.72. The molecule has 142 valence electrons. The van der Waals surface area contributed by atoms with Crippen molar-refractivity contribution in [3.8, 4) is 11.5 Å². The third kappa shape index (κ3) is 8.71. The lowest BCUT2D eigenvalue weighted by Gasteiger charge is -2.23. The zero-order valence-electron chi connectivity index (χ0n) is 15.6. The van der Waals surface area contributed by atoms with Gasteiger partial charge in [-0.2, -0.15) is 11.8 Å². The van der Waals surface area contributed by atoms with Gasteiger partial charge in [0.15, 0.2) is 5.96 Å². The Morgan fingerprint density at radius 3 is 2.72 bits per heavy atom. The summed E-state index contributed by atoms with van der Waals surface area (Å²) in [6.45, 7) is 8.13. The van der Waals surface area contributed by atoms with E-state index in [-0.39, 0.29) is 24.0 Å². The summed E-state index contributed by atoms with van der Waals surface area (Å²) in [5.74, 6) is 4.46. The molecule has 0 aliphatic heterocycles. The van der Waals surface area contributed by atoms with Gasteiger partial charge in [0.25, 0.3) is 0 Å². The summed E-state index contributed by atoms with van der Waals surface area (Å²) in [6, 6.07) is 5.87. The van der Waals surface area contributed by atoms with E-state index in [0.29, 0.717) is 6.54 Å². The fourth-order valence-electron chi connectivity index (χ4n) is 2.17. The number of thioether (sulfide) groups is 1. The highest BCUT2D eigenvalue weighted by atomic mass is 127. The predicted molar refractivity (Wildman–Crippen MR) is 120 cm³/mol. The maximum absolute atomic E-state index is 5.47. The summed E-state index contributed by atoms with van der Waals surface area (Å²) < 4.78 is 10.7. The molecule has 0 saturated heterocycles. The van der Waals surface area contributed by atoms with Crippen molar-refractivity contribution in [1.82, 2.24) is 10.2 Å². The maximum atomic E-state index is 5.47. The van der Waals surface area contributed by atoms with Crippen molar-refractivity contribution < 1.29 is 9.47 Å². The Kier molecular flexibility index (Phi) is 13.5. The van der Waals surface area contributed by atoms with E-state index < -0.39 is 0 Å². The topological polar surface area (TPSA) is 46.1 Å². The highest BCUT2D eigenvalue weighted by Crippen LogP contribution is 2.25. The maximum Gasteiger partial charge on any atom is 0.193 e. The molecule has 7 heteroatoms. The lowest BCUT2D eigenvalue weighted by Crippen LogP contribution is -2.38. The van der Waals surface area contributed by atoms with E-state index >= 15 is 0 Å². The molecule has 0 heterocycles. The van der Waals surface area contributed by atoms with Gasteiger partial charge in [0.05, 0.1) is 20.8 Å². The smallest absolute Gasteiger partial charge is 0.193 e. The Morgan fingerprint density at radius 2 is 2.12 bits per heavy atom. The second kappa shape index (κ2) is 14.1. The number of hydrogen-bond donors (Lipinski definition) is 1. The van der Waals surface area contributed by atoms with Crippen molar-refractivity contribution in [2.45, 2.75) is 13.5 Å². The summed E-state index contributed by atoms with van der Waals surface area (Å²) in [5, 5.41) is 3.33. The summed E-state index contributed by atoms with van der Waals surface area (Å²) in [5.41, 5.74) is 1.09. The van der Waals surface area contributed by atoms with Gasteiger partial charge in [-0.05, 0) is 19.1 Å². The van der Waals surface area contributed by atoms with Crippen molar-refractivity contribution in [2.75, 3.05) is 45.9 Å².